The Kier molecular flexibility index (Phi) is 6.45. The Morgan fingerprint density at radius 2 is 2.15 bits per heavy atom. The van der Waals surface area contributed by atoms with Gasteiger partial charge in [-0.2, -0.15) is 0 Å². The number of nitrogens with two attached hydrogens (primary N) is 1. The van der Waals surface area contributed by atoms with E-state index in [1.54, 1.807) is 0 Å². The van der Waals surface area contributed by atoms with Crippen molar-refractivity contribution >= 4 is 23.7 Å². The van der Waals surface area contributed by atoms with Crippen LogP contribution in [0.2, 0.25) is 0 Å². The van der Waals surface area contributed by atoms with Gasteiger partial charge in [-0.1, -0.05) is 27.2 Å². The molecule has 5 heteroatoms. The van der Waals surface area contributed by atoms with Crippen molar-refractivity contribution in [1.82, 2.24) is 9.88 Å². The van der Waals surface area contributed by atoms with Crippen molar-refractivity contribution in [3.63, 3.8) is 0 Å². The minimum absolute atomic E-state index is 0. The van der Waals surface area contributed by atoms with Gasteiger partial charge in [-0.15, -0.1) is 23.7 Å². The normalized spacial score (nSPS) is 22.4. The second-order valence-electron chi connectivity index (χ2n) is 6.76. The Morgan fingerprint density at radius 1 is 1.45 bits per heavy atom. The number of halogens is 1. The molecule has 116 valence electrons. The molecule has 1 aliphatic rings. The molecule has 0 bridgehead atoms. The van der Waals surface area contributed by atoms with E-state index in [9.17, 15) is 0 Å². The standard InChI is InChI=1S/C15H27N3S.ClH/c1-11(16)12-7-5-6-8-18(12)10-14-17-9-13(19-14)15(2,3)4;/h9,11-12H,5-8,10,16H2,1-4H3;1H. The summed E-state index contributed by atoms with van der Waals surface area (Å²) in [5, 5.41) is 1.23. The highest BCUT2D eigenvalue weighted by molar-refractivity contribution is 7.11. The van der Waals surface area contributed by atoms with Crippen molar-refractivity contribution in [2.75, 3.05) is 6.54 Å². The van der Waals surface area contributed by atoms with Crippen molar-refractivity contribution in [2.45, 2.75) is 71.0 Å². The molecule has 0 aromatic carbocycles. The van der Waals surface area contributed by atoms with Crippen molar-refractivity contribution < 1.29 is 0 Å². The second-order valence-corrected chi connectivity index (χ2v) is 7.88. The second kappa shape index (κ2) is 7.21. The average Bonchev–Trinajstić information content (AvgIpc) is 2.77. The van der Waals surface area contributed by atoms with E-state index in [2.05, 4.69) is 37.6 Å². The maximum Gasteiger partial charge on any atom is 0.107 e. The summed E-state index contributed by atoms with van der Waals surface area (Å²) in [6, 6.07) is 0.776. The largest absolute Gasteiger partial charge is 0.327 e. The SMILES string of the molecule is CC(N)C1CCCCN1Cc1ncc(C(C)(C)C)s1.Cl. The molecule has 0 amide bonds. The molecule has 0 saturated carbocycles. The third-order valence-corrected chi connectivity index (χ3v) is 5.31. The third-order valence-electron chi connectivity index (χ3n) is 3.90. The molecule has 2 rings (SSSR count). The monoisotopic (exact) mass is 317 g/mol. The van der Waals surface area contributed by atoms with Gasteiger partial charge in [0.2, 0.25) is 0 Å². The maximum absolute atomic E-state index is 6.13. The highest BCUT2D eigenvalue weighted by Crippen LogP contribution is 2.29. The van der Waals surface area contributed by atoms with E-state index < -0.39 is 0 Å². The number of hydrogen-bond donors (Lipinski definition) is 1. The summed E-state index contributed by atoms with van der Waals surface area (Å²) in [4.78, 5) is 8.51. The van der Waals surface area contributed by atoms with Gasteiger partial charge in [0.1, 0.15) is 5.01 Å². The molecule has 0 radical (unpaired) electrons. The zero-order valence-electron chi connectivity index (χ0n) is 13.1. The van der Waals surface area contributed by atoms with Crippen LogP contribution in [0.25, 0.3) is 0 Å². The molecule has 20 heavy (non-hydrogen) atoms. The summed E-state index contributed by atoms with van der Waals surface area (Å²) >= 11 is 1.85. The molecule has 2 heterocycles. The van der Waals surface area contributed by atoms with Crippen LogP contribution in [-0.4, -0.2) is 28.5 Å². The van der Waals surface area contributed by atoms with Gasteiger partial charge in [-0.25, -0.2) is 4.98 Å². The highest BCUT2D eigenvalue weighted by Gasteiger charge is 2.26. The highest BCUT2D eigenvalue weighted by atomic mass is 35.5. The molecule has 0 spiro atoms. The van der Waals surface area contributed by atoms with E-state index in [0.717, 1.165) is 13.1 Å². The number of piperidine rings is 1. The van der Waals surface area contributed by atoms with Crippen LogP contribution in [0.1, 0.15) is 56.8 Å². The van der Waals surface area contributed by atoms with E-state index in [0.29, 0.717) is 6.04 Å². The minimum atomic E-state index is 0. The lowest BCUT2D eigenvalue weighted by molar-refractivity contribution is 0.123. The van der Waals surface area contributed by atoms with Gasteiger partial charge in [-0.3, -0.25) is 4.90 Å². The molecule has 2 atom stereocenters. The number of rotatable bonds is 3. The Morgan fingerprint density at radius 3 is 2.70 bits per heavy atom. The van der Waals surface area contributed by atoms with Crippen molar-refractivity contribution in [3.8, 4) is 0 Å². The van der Waals surface area contributed by atoms with Gasteiger partial charge in [-0.05, 0) is 31.7 Å². The molecule has 2 N–H and O–H groups in total. The molecule has 2 unspecified atom stereocenters. The molecule has 3 nitrogen and oxygen atoms in total. The summed E-state index contributed by atoms with van der Waals surface area (Å²) in [5.74, 6) is 0. The maximum atomic E-state index is 6.13. The van der Waals surface area contributed by atoms with Gasteiger partial charge in [0.15, 0.2) is 0 Å². The first kappa shape index (κ1) is 17.9. The van der Waals surface area contributed by atoms with E-state index in [-0.39, 0.29) is 23.9 Å². The number of likely N-dealkylation sites (tertiary alicyclic amines) is 1. The van der Waals surface area contributed by atoms with Crippen molar-refractivity contribution in [2.24, 2.45) is 5.73 Å². The van der Waals surface area contributed by atoms with E-state index in [4.69, 9.17) is 5.73 Å². The summed E-state index contributed by atoms with van der Waals surface area (Å²) < 4.78 is 0. The lowest BCUT2D eigenvalue weighted by Gasteiger charge is -2.37. The fraction of sp³-hybridized carbons (Fsp3) is 0.800. The molecule has 0 aliphatic carbocycles. The third kappa shape index (κ3) is 4.42. The van der Waals surface area contributed by atoms with Gasteiger partial charge in [0, 0.05) is 23.2 Å². The zero-order chi connectivity index (χ0) is 14.0. The van der Waals surface area contributed by atoms with E-state index in [1.807, 2.05) is 17.5 Å². The van der Waals surface area contributed by atoms with E-state index >= 15 is 0 Å². The summed E-state index contributed by atoms with van der Waals surface area (Å²) in [5.41, 5.74) is 6.33. The molecular formula is C15H28ClN3S. The number of aromatic nitrogens is 1. The van der Waals surface area contributed by atoms with Gasteiger partial charge < -0.3 is 5.73 Å². The van der Waals surface area contributed by atoms with Crippen molar-refractivity contribution in [3.05, 3.63) is 16.1 Å². The van der Waals surface area contributed by atoms with Crippen LogP contribution in [0.3, 0.4) is 0 Å². The first-order chi connectivity index (χ1) is 8.88. The topological polar surface area (TPSA) is 42.1 Å². The van der Waals surface area contributed by atoms with Crippen LogP contribution < -0.4 is 5.73 Å². The summed E-state index contributed by atoms with van der Waals surface area (Å²) in [7, 11) is 0. The van der Waals surface area contributed by atoms with Crippen LogP contribution in [0.15, 0.2) is 6.20 Å². The summed E-state index contributed by atoms with van der Waals surface area (Å²) in [6.45, 7) is 11.0. The molecular weight excluding hydrogens is 290 g/mol. The molecule has 1 aromatic heterocycles. The van der Waals surface area contributed by atoms with Gasteiger partial charge >= 0.3 is 0 Å². The molecule has 1 aliphatic heterocycles. The predicted molar refractivity (Wildman–Crippen MR) is 89.8 cm³/mol. The lowest BCUT2D eigenvalue weighted by atomic mass is 9.96. The fourth-order valence-electron chi connectivity index (χ4n) is 2.71. The summed E-state index contributed by atoms with van der Waals surface area (Å²) in [6.07, 6.45) is 5.88. The molecule has 1 aromatic rings. The lowest BCUT2D eigenvalue weighted by Crippen LogP contribution is -2.48. The van der Waals surface area contributed by atoms with Crippen LogP contribution in [-0.2, 0) is 12.0 Å². The number of nitrogens with zero attached hydrogens (tertiary/aromatic N) is 2. The van der Waals surface area contributed by atoms with Gasteiger partial charge in [0.05, 0.1) is 6.54 Å². The smallest absolute Gasteiger partial charge is 0.107 e. The average molecular weight is 318 g/mol. The Hall–Kier alpha value is -0.160. The molecule has 1 fully saturated rings. The zero-order valence-corrected chi connectivity index (χ0v) is 14.7. The van der Waals surface area contributed by atoms with Gasteiger partial charge in [0.25, 0.3) is 0 Å². The first-order valence-electron chi connectivity index (χ1n) is 7.33. The number of thiazole rings is 1. The van der Waals surface area contributed by atoms with Crippen molar-refractivity contribution in [1.29, 1.82) is 0 Å². The Bertz CT molecular complexity index is 411. The molecule has 1 saturated heterocycles. The first-order valence-corrected chi connectivity index (χ1v) is 8.14. The van der Waals surface area contributed by atoms with Crippen LogP contribution >= 0.6 is 23.7 Å². The van der Waals surface area contributed by atoms with E-state index in [1.165, 1.54) is 29.1 Å². The Balaban J connectivity index is 0.00000200. The quantitative estimate of drug-likeness (QED) is 0.926. The Labute approximate surface area is 133 Å². The number of hydrogen-bond acceptors (Lipinski definition) is 4. The van der Waals surface area contributed by atoms with Crippen LogP contribution in [0.4, 0.5) is 0 Å². The fourth-order valence-corrected chi connectivity index (χ4v) is 3.71. The van der Waals surface area contributed by atoms with Crippen LogP contribution in [0.5, 0.6) is 0 Å². The minimum Gasteiger partial charge on any atom is -0.327 e. The predicted octanol–water partition coefficient (Wildman–Crippen LogP) is 3.56. The van der Waals surface area contributed by atoms with Crippen LogP contribution in [0, 0.1) is 0 Å².